The molecular formula is C26H19Cl2O3S. The van der Waals surface area contributed by atoms with Crippen LogP contribution >= 0.6 is 23.2 Å². The molecule has 0 spiro atoms. The molecule has 0 N–H and O–H groups in total. The van der Waals surface area contributed by atoms with Gasteiger partial charge < -0.3 is 0 Å². The first-order valence-corrected chi connectivity index (χ1v) is 12.2. The molecule has 3 aromatic rings. The Hall–Kier alpha value is -2.66. The molecule has 1 aliphatic carbocycles. The van der Waals surface area contributed by atoms with E-state index in [9.17, 15) is 13.2 Å². The lowest BCUT2D eigenvalue weighted by Crippen LogP contribution is -2.29. The van der Waals surface area contributed by atoms with Crippen molar-refractivity contribution in [3.05, 3.63) is 119 Å². The van der Waals surface area contributed by atoms with Crippen LogP contribution in [0, 0.1) is 5.92 Å². The molecule has 0 bridgehead atoms. The summed E-state index contributed by atoms with van der Waals surface area (Å²) in [5.41, 5.74) is 2.28. The number of hydrogen-bond donors (Lipinski definition) is 0. The molecule has 0 fully saturated rings. The van der Waals surface area contributed by atoms with Crippen molar-refractivity contribution in [3.63, 3.8) is 0 Å². The number of sulfone groups is 1. The van der Waals surface area contributed by atoms with E-state index in [1.54, 1.807) is 24.3 Å². The number of carbonyl (C=O) groups excluding carboxylic acids is 1. The third-order valence-corrected chi connectivity index (χ3v) is 7.83. The van der Waals surface area contributed by atoms with Crippen LogP contribution in [0.25, 0.3) is 11.1 Å². The maximum Gasteiger partial charge on any atom is 0.185 e. The topological polar surface area (TPSA) is 51.2 Å². The fourth-order valence-corrected chi connectivity index (χ4v) is 5.77. The number of allylic oxidation sites excluding steroid dienone is 3. The standard InChI is InChI=1S/C26H19Cl2O3S/c27-20-12-14-22(15-13-20)32(30,31)26-17-21(28)11-10-19(26)16-25(29)24-9-5-4-8-23(24)18-6-2-1-3-7-18/h1-15,17,26H,16H2. The van der Waals surface area contributed by atoms with Crippen molar-refractivity contribution >= 4 is 38.8 Å². The third kappa shape index (κ3) is 4.73. The van der Waals surface area contributed by atoms with Gasteiger partial charge in [-0.05, 0) is 47.5 Å². The van der Waals surface area contributed by atoms with Crippen molar-refractivity contribution < 1.29 is 13.2 Å². The van der Waals surface area contributed by atoms with Crippen LogP contribution in [0.1, 0.15) is 16.8 Å². The number of halogens is 2. The molecule has 6 heteroatoms. The largest absolute Gasteiger partial charge is 0.294 e. The molecule has 0 aliphatic heterocycles. The molecule has 32 heavy (non-hydrogen) atoms. The molecule has 1 unspecified atom stereocenters. The van der Waals surface area contributed by atoms with Crippen LogP contribution in [0.5, 0.6) is 0 Å². The zero-order chi connectivity index (χ0) is 22.7. The Labute approximate surface area is 197 Å². The first-order valence-electron chi connectivity index (χ1n) is 9.94. The summed E-state index contributed by atoms with van der Waals surface area (Å²) in [5.74, 6) is 0.309. The van der Waals surface area contributed by atoms with Crippen molar-refractivity contribution in [2.24, 2.45) is 0 Å². The molecule has 1 radical (unpaired) electrons. The van der Waals surface area contributed by atoms with Gasteiger partial charge in [-0.15, -0.1) is 0 Å². The first-order chi connectivity index (χ1) is 15.4. The highest BCUT2D eigenvalue weighted by Crippen LogP contribution is 2.35. The van der Waals surface area contributed by atoms with Gasteiger partial charge in [-0.25, -0.2) is 8.42 Å². The van der Waals surface area contributed by atoms with E-state index in [1.807, 2.05) is 42.5 Å². The average Bonchev–Trinajstić information content (AvgIpc) is 2.81. The Morgan fingerprint density at radius 3 is 2.19 bits per heavy atom. The molecule has 0 heterocycles. The number of Topliss-reactive ketones (excluding diaryl/α,β-unsaturated/α-hetero) is 1. The third-order valence-electron chi connectivity index (χ3n) is 5.29. The fraction of sp³-hybridized carbons (Fsp3) is 0.0769. The Bertz CT molecular complexity index is 1290. The fourth-order valence-electron chi connectivity index (χ4n) is 3.68. The minimum Gasteiger partial charge on any atom is -0.294 e. The van der Waals surface area contributed by atoms with Gasteiger partial charge in [-0.1, -0.05) is 83.9 Å². The summed E-state index contributed by atoms with van der Waals surface area (Å²) in [5, 5.41) is -0.277. The minimum atomic E-state index is -3.81. The molecule has 1 atom stereocenters. The Morgan fingerprint density at radius 2 is 1.47 bits per heavy atom. The van der Waals surface area contributed by atoms with E-state index in [-0.39, 0.29) is 17.1 Å². The van der Waals surface area contributed by atoms with Crippen molar-refractivity contribution in [1.29, 1.82) is 0 Å². The summed E-state index contributed by atoms with van der Waals surface area (Å²) in [6, 6.07) is 22.9. The average molecular weight is 482 g/mol. The van der Waals surface area contributed by atoms with Crippen LogP contribution in [-0.4, -0.2) is 19.5 Å². The summed E-state index contributed by atoms with van der Waals surface area (Å²) in [6.45, 7) is 0. The summed E-state index contributed by atoms with van der Waals surface area (Å²) in [7, 11) is -3.81. The lowest BCUT2D eigenvalue weighted by Gasteiger charge is -2.24. The van der Waals surface area contributed by atoms with E-state index in [0.29, 0.717) is 21.5 Å². The molecule has 0 saturated carbocycles. The maximum atomic E-state index is 13.3. The maximum absolute atomic E-state index is 13.3. The second-order valence-electron chi connectivity index (χ2n) is 7.39. The van der Waals surface area contributed by atoms with Gasteiger partial charge in [0.2, 0.25) is 0 Å². The summed E-state index contributed by atoms with van der Waals surface area (Å²) < 4.78 is 26.7. The van der Waals surface area contributed by atoms with Crippen LogP contribution in [0.2, 0.25) is 5.02 Å². The van der Waals surface area contributed by atoms with E-state index in [0.717, 1.165) is 11.1 Å². The van der Waals surface area contributed by atoms with Gasteiger partial charge in [0.05, 0.1) is 10.1 Å². The Morgan fingerprint density at radius 1 is 0.812 bits per heavy atom. The normalized spacial score (nSPS) is 16.6. The van der Waals surface area contributed by atoms with Crippen molar-refractivity contribution in [1.82, 2.24) is 0 Å². The number of benzene rings is 3. The van der Waals surface area contributed by atoms with E-state index in [4.69, 9.17) is 23.2 Å². The molecular weight excluding hydrogens is 463 g/mol. The lowest BCUT2D eigenvalue weighted by atomic mass is 9.89. The number of rotatable bonds is 6. The number of ketones is 1. The zero-order valence-electron chi connectivity index (χ0n) is 16.9. The monoisotopic (exact) mass is 481 g/mol. The molecule has 3 aromatic carbocycles. The van der Waals surface area contributed by atoms with Crippen LogP contribution in [0.15, 0.2) is 107 Å². The summed E-state index contributed by atoms with van der Waals surface area (Å²) in [6.07, 6.45) is 4.67. The van der Waals surface area contributed by atoms with Gasteiger partial charge in [0.1, 0.15) is 0 Å². The van der Waals surface area contributed by atoms with Gasteiger partial charge in [0.25, 0.3) is 0 Å². The van der Waals surface area contributed by atoms with Crippen molar-refractivity contribution in [2.75, 3.05) is 0 Å². The smallest absolute Gasteiger partial charge is 0.185 e. The summed E-state index contributed by atoms with van der Waals surface area (Å²) >= 11 is 12.1. The molecule has 1 aliphatic rings. The van der Waals surface area contributed by atoms with Crippen LogP contribution in [0.3, 0.4) is 0 Å². The second kappa shape index (κ2) is 9.45. The molecule has 0 amide bonds. The zero-order valence-corrected chi connectivity index (χ0v) is 19.2. The van der Waals surface area contributed by atoms with Gasteiger partial charge in [-0.3, -0.25) is 4.79 Å². The van der Waals surface area contributed by atoms with Gasteiger partial charge >= 0.3 is 0 Å². The number of carbonyl (C=O) groups is 1. The minimum absolute atomic E-state index is 0.0432. The van der Waals surface area contributed by atoms with Crippen molar-refractivity contribution in [2.45, 2.75) is 16.6 Å². The quantitative estimate of drug-likeness (QED) is 0.368. The molecule has 4 rings (SSSR count). The van der Waals surface area contributed by atoms with Gasteiger partial charge in [0, 0.05) is 28.0 Å². The first kappa shape index (κ1) is 22.5. The van der Waals surface area contributed by atoms with E-state index in [2.05, 4.69) is 0 Å². The summed E-state index contributed by atoms with van der Waals surface area (Å²) in [4.78, 5) is 13.4. The predicted molar refractivity (Wildman–Crippen MR) is 130 cm³/mol. The Kier molecular flexibility index (Phi) is 6.66. The van der Waals surface area contributed by atoms with Crippen LogP contribution < -0.4 is 0 Å². The highest BCUT2D eigenvalue weighted by atomic mass is 35.5. The van der Waals surface area contributed by atoms with Gasteiger partial charge in [0.15, 0.2) is 15.6 Å². The molecule has 161 valence electrons. The van der Waals surface area contributed by atoms with E-state index >= 15 is 0 Å². The van der Waals surface area contributed by atoms with Gasteiger partial charge in [-0.2, -0.15) is 0 Å². The van der Waals surface area contributed by atoms with Crippen molar-refractivity contribution in [3.8, 4) is 11.1 Å². The molecule has 0 aromatic heterocycles. The van der Waals surface area contributed by atoms with E-state index < -0.39 is 15.1 Å². The number of hydrogen-bond acceptors (Lipinski definition) is 3. The highest BCUT2D eigenvalue weighted by molar-refractivity contribution is 7.92. The SMILES string of the molecule is O=C(C[C]1C=CC(Cl)=CC1S(=O)(=O)c1ccc(Cl)cc1)c1ccccc1-c1ccccc1. The molecule has 0 saturated heterocycles. The molecule has 3 nitrogen and oxygen atoms in total. The van der Waals surface area contributed by atoms with Crippen LogP contribution in [-0.2, 0) is 9.84 Å². The Balaban J connectivity index is 1.66. The predicted octanol–water partition coefficient (Wildman–Crippen LogP) is 6.69. The van der Waals surface area contributed by atoms with E-state index in [1.165, 1.54) is 30.3 Å². The lowest BCUT2D eigenvalue weighted by molar-refractivity contribution is 0.0988. The van der Waals surface area contributed by atoms with Crippen LogP contribution in [0.4, 0.5) is 0 Å². The highest BCUT2D eigenvalue weighted by Gasteiger charge is 2.35. The second-order valence-corrected chi connectivity index (χ2v) is 10.3.